The van der Waals surface area contributed by atoms with Crippen LogP contribution in [0.4, 0.5) is 0 Å². The van der Waals surface area contributed by atoms with E-state index in [0.717, 1.165) is 26.4 Å². The van der Waals surface area contributed by atoms with Crippen molar-refractivity contribution in [2.75, 3.05) is 0 Å². The molecule has 0 aliphatic heterocycles. The third kappa shape index (κ3) is 1.71. The molecule has 1 heterocycles. The van der Waals surface area contributed by atoms with Crippen LogP contribution in [-0.4, -0.2) is 4.98 Å². The predicted octanol–water partition coefficient (Wildman–Crippen LogP) is 3.94. The number of terminal acetylenes is 1. The van der Waals surface area contributed by atoms with Gasteiger partial charge in [0.25, 0.3) is 0 Å². The van der Waals surface area contributed by atoms with Gasteiger partial charge in [-0.15, -0.1) is 17.8 Å². The molecule has 1 nitrogen and oxygen atoms in total. The number of hydrogen-bond acceptors (Lipinski definition) is 2. The van der Waals surface area contributed by atoms with Gasteiger partial charge < -0.3 is 0 Å². The van der Waals surface area contributed by atoms with Crippen molar-refractivity contribution < 1.29 is 0 Å². The summed E-state index contributed by atoms with van der Waals surface area (Å²) in [5.41, 5.74) is 2.93. The van der Waals surface area contributed by atoms with Crippen LogP contribution >= 0.6 is 11.3 Å². The van der Waals surface area contributed by atoms with E-state index >= 15 is 0 Å². The van der Waals surface area contributed by atoms with E-state index in [1.165, 1.54) is 0 Å². The average molecular weight is 235 g/mol. The van der Waals surface area contributed by atoms with Gasteiger partial charge in [0.15, 0.2) is 0 Å². The Bertz CT molecular complexity index is 705. The average Bonchev–Trinajstić information content (AvgIpc) is 2.83. The molecule has 0 atom stereocenters. The minimum absolute atomic E-state index is 0.862. The van der Waals surface area contributed by atoms with Crippen molar-refractivity contribution >= 4 is 21.6 Å². The van der Waals surface area contributed by atoms with Crippen molar-refractivity contribution in [2.24, 2.45) is 0 Å². The molecule has 3 aromatic rings. The molecule has 0 fully saturated rings. The Hall–Kier alpha value is -2.11. The minimum atomic E-state index is 0.862. The van der Waals surface area contributed by atoms with E-state index < -0.39 is 0 Å². The predicted molar refractivity (Wildman–Crippen MR) is 73.0 cm³/mol. The van der Waals surface area contributed by atoms with Crippen LogP contribution in [-0.2, 0) is 0 Å². The van der Waals surface area contributed by atoms with Crippen molar-refractivity contribution in [2.45, 2.75) is 0 Å². The Morgan fingerprint density at radius 2 is 1.82 bits per heavy atom. The smallest absolute Gasteiger partial charge is 0.124 e. The summed E-state index contributed by atoms with van der Waals surface area (Å²) in [5.74, 6) is 2.68. The Morgan fingerprint density at radius 3 is 2.59 bits per heavy atom. The summed E-state index contributed by atoms with van der Waals surface area (Å²) in [6, 6.07) is 16.1. The highest BCUT2D eigenvalue weighted by Crippen LogP contribution is 2.31. The molecule has 0 N–H and O–H groups in total. The van der Waals surface area contributed by atoms with E-state index in [2.05, 4.69) is 29.1 Å². The minimum Gasteiger partial charge on any atom is -0.235 e. The Kier molecular flexibility index (Phi) is 2.40. The zero-order chi connectivity index (χ0) is 11.7. The molecule has 0 aliphatic carbocycles. The van der Waals surface area contributed by atoms with Crippen LogP contribution in [0.15, 0.2) is 48.5 Å². The van der Waals surface area contributed by atoms with Gasteiger partial charge in [-0.2, -0.15) is 0 Å². The molecule has 3 rings (SSSR count). The van der Waals surface area contributed by atoms with Gasteiger partial charge in [-0.3, -0.25) is 0 Å². The largest absolute Gasteiger partial charge is 0.235 e. The standard InChI is InChI=1S/C15H9NS/c1-2-11-9-6-10-13-14(11)16-15(17-13)12-7-4-3-5-8-12/h1,3-10H. The maximum absolute atomic E-state index is 5.48. The fourth-order valence-corrected chi connectivity index (χ4v) is 2.77. The molecule has 0 unspecified atom stereocenters. The lowest BCUT2D eigenvalue weighted by molar-refractivity contribution is 1.47. The fourth-order valence-electron chi connectivity index (χ4n) is 1.77. The second kappa shape index (κ2) is 4.04. The monoisotopic (exact) mass is 235 g/mol. The zero-order valence-electron chi connectivity index (χ0n) is 9.05. The van der Waals surface area contributed by atoms with Gasteiger partial charge in [0, 0.05) is 5.56 Å². The number of rotatable bonds is 1. The molecular weight excluding hydrogens is 226 g/mol. The summed E-state index contributed by atoms with van der Waals surface area (Å²) in [4.78, 5) is 4.63. The van der Waals surface area contributed by atoms with Gasteiger partial charge in [0.2, 0.25) is 0 Å². The Morgan fingerprint density at radius 1 is 1.00 bits per heavy atom. The van der Waals surface area contributed by atoms with Crippen molar-refractivity contribution in [3.8, 4) is 22.9 Å². The first-order valence-electron chi connectivity index (χ1n) is 5.30. The lowest BCUT2D eigenvalue weighted by Gasteiger charge is -1.92. The van der Waals surface area contributed by atoms with Crippen molar-refractivity contribution in [1.82, 2.24) is 4.98 Å². The number of aromatic nitrogens is 1. The number of nitrogens with zero attached hydrogens (tertiary/aromatic N) is 1. The Balaban J connectivity index is 2.25. The second-order valence-electron chi connectivity index (χ2n) is 3.68. The van der Waals surface area contributed by atoms with E-state index in [9.17, 15) is 0 Å². The van der Waals surface area contributed by atoms with Crippen molar-refractivity contribution in [3.05, 3.63) is 54.1 Å². The highest BCUT2D eigenvalue weighted by Gasteiger charge is 2.07. The van der Waals surface area contributed by atoms with Gasteiger partial charge >= 0.3 is 0 Å². The molecule has 0 saturated heterocycles. The summed E-state index contributed by atoms with van der Waals surface area (Å²) in [6.45, 7) is 0. The molecule has 80 valence electrons. The van der Waals surface area contributed by atoms with Crippen LogP contribution in [0.3, 0.4) is 0 Å². The molecule has 0 amide bonds. The molecule has 2 aromatic carbocycles. The summed E-state index contributed by atoms with van der Waals surface area (Å²) >= 11 is 1.67. The molecule has 1 aromatic heterocycles. The third-order valence-electron chi connectivity index (χ3n) is 2.60. The van der Waals surface area contributed by atoms with E-state index in [4.69, 9.17) is 6.42 Å². The third-order valence-corrected chi connectivity index (χ3v) is 3.66. The number of hydrogen-bond donors (Lipinski definition) is 0. The Labute approximate surface area is 104 Å². The van der Waals surface area contributed by atoms with Crippen LogP contribution in [0.1, 0.15) is 5.56 Å². The van der Waals surface area contributed by atoms with Gasteiger partial charge in [0.1, 0.15) is 5.01 Å². The molecule has 0 bridgehead atoms. The number of thiazole rings is 1. The number of para-hydroxylation sites is 1. The quantitative estimate of drug-likeness (QED) is 0.582. The maximum atomic E-state index is 5.48. The summed E-state index contributed by atoms with van der Waals surface area (Å²) in [5, 5.41) is 1.02. The second-order valence-corrected chi connectivity index (χ2v) is 4.71. The van der Waals surface area contributed by atoms with Crippen LogP contribution < -0.4 is 0 Å². The van der Waals surface area contributed by atoms with Gasteiger partial charge in [-0.1, -0.05) is 42.3 Å². The van der Waals surface area contributed by atoms with Crippen LogP contribution in [0.25, 0.3) is 20.8 Å². The van der Waals surface area contributed by atoms with Crippen LogP contribution in [0, 0.1) is 12.3 Å². The summed E-state index contributed by atoms with van der Waals surface area (Å²) in [7, 11) is 0. The number of fused-ring (bicyclic) bond motifs is 1. The summed E-state index contributed by atoms with van der Waals surface area (Å²) < 4.78 is 1.14. The van der Waals surface area contributed by atoms with Gasteiger partial charge in [0.05, 0.1) is 15.8 Å². The normalized spacial score (nSPS) is 10.3. The zero-order valence-corrected chi connectivity index (χ0v) is 9.87. The van der Waals surface area contributed by atoms with Crippen LogP contribution in [0.5, 0.6) is 0 Å². The fraction of sp³-hybridized carbons (Fsp3) is 0. The van der Waals surface area contributed by atoms with E-state index in [1.54, 1.807) is 11.3 Å². The van der Waals surface area contributed by atoms with Crippen LogP contribution in [0.2, 0.25) is 0 Å². The maximum Gasteiger partial charge on any atom is 0.124 e. The lowest BCUT2D eigenvalue weighted by Crippen LogP contribution is -1.78. The van der Waals surface area contributed by atoms with Gasteiger partial charge in [-0.25, -0.2) is 4.98 Å². The van der Waals surface area contributed by atoms with E-state index in [0.29, 0.717) is 0 Å². The first-order valence-corrected chi connectivity index (χ1v) is 6.12. The molecule has 17 heavy (non-hydrogen) atoms. The molecular formula is C15H9NS. The number of benzene rings is 2. The van der Waals surface area contributed by atoms with Crippen molar-refractivity contribution in [1.29, 1.82) is 0 Å². The van der Waals surface area contributed by atoms with E-state index in [-0.39, 0.29) is 0 Å². The first-order chi connectivity index (χ1) is 8.38. The molecule has 0 spiro atoms. The lowest BCUT2D eigenvalue weighted by atomic mass is 10.2. The highest BCUT2D eigenvalue weighted by molar-refractivity contribution is 7.21. The molecule has 0 saturated carbocycles. The SMILES string of the molecule is C#Cc1cccc2sc(-c3ccccc3)nc12. The highest BCUT2D eigenvalue weighted by atomic mass is 32.1. The first kappa shape index (κ1) is 10.1. The topological polar surface area (TPSA) is 12.9 Å². The molecule has 2 heteroatoms. The van der Waals surface area contributed by atoms with E-state index in [1.807, 2.05) is 30.3 Å². The van der Waals surface area contributed by atoms with Gasteiger partial charge in [-0.05, 0) is 12.1 Å². The molecule has 0 radical (unpaired) electrons. The molecule has 0 aliphatic rings. The summed E-state index contributed by atoms with van der Waals surface area (Å²) in [6.07, 6.45) is 5.48. The van der Waals surface area contributed by atoms with Crippen molar-refractivity contribution in [3.63, 3.8) is 0 Å².